The lowest BCUT2D eigenvalue weighted by molar-refractivity contribution is 0.471. The number of nitrogens with zero attached hydrogens (tertiary/aromatic N) is 2. The van der Waals surface area contributed by atoms with Gasteiger partial charge in [-0.3, -0.25) is 4.98 Å². The van der Waals surface area contributed by atoms with E-state index < -0.39 is 6.04 Å². The molecule has 6 heteroatoms. The van der Waals surface area contributed by atoms with E-state index in [9.17, 15) is 5.11 Å². The SMILES string of the molecule is Cc1ccc2ccc(C(Nc3ccc(Cl)cc3Cl)c3ccccn3)c(O)c2n1. The number of fused-ring (bicyclic) bond motifs is 1. The first-order valence-corrected chi connectivity index (χ1v) is 9.50. The minimum atomic E-state index is -0.424. The van der Waals surface area contributed by atoms with Crippen molar-refractivity contribution in [2.45, 2.75) is 13.0 Å². The maximum Gasteiger partial charge on any atom is 0.147 e. The minimum absolute atomic E-state index is 0.120. The van der Waals surface area contributed by atoms with E-state index >= 15 is 0 Å². The summed E-state index contributed by atoms with van der Waals surface area (Å²) < 4.78 is 0. The molecule has 2 heterocycles. The summed E-state index contributed by atoms with van der Waals surface area (Å²) in [5.41, 5.74) is 3.50. The molecule has 0 spiro atoms. The molecule has 4 nitrogen and oxygen atoms in total. The zero-order valence-electron chi connectivity index (χ0n) is 15.0. The lowest BCUT2D eigenvalue weighted by Crippen LogP contribution is -2.14. The summed E-state index contributed by atoms with van der Waals surface area (Å²) in [6.07, 6.45) is 1.72. The number of hydrogen-bond donors (Lipinski definition) is 2. The van der Waals surface area contributed by atoms with Crippen molar-refractivity contribution in [2.24, 2.45) is 0 Å². The predicted octanol–water partition coefficient (Wildman–Crippen LogP) is 6.15. The molecule has 0 aliphatic heterocycles. The molecule has 0 radical (unpaired) electrons. The highest BCUT2D eigenvalue weighted by atomic mass is 35.5. The number of nitrogens with one attached hydrogen (secondary N) is 1. The Morgan fingerprint density at radius 3 is 2.57 bits per heavy atom. The van der Waals surface area contributed by atoms with Crippen LogP contribution in [0.25, 0.3) is 10.9 Å². The Bertz CT molecular complexity index is 1150. The van der Waals surface area contributed by atoms with Gasteiger partial charge in [0.1, 0.15) is 11.3 Å². The largest absolute Gasteiger partial charge is 0.505 e. The van der Waals surface area contributed by atoms with Crippen molar-refractivity contribution in [3.63, 3.8) is 0 Å². The maximum atomic E-state index is 11.0. The van der Waals surface area contributed by atoms with Gasteiger partial charge in [-0.15, -0.1) is 0 Å². The molecule has 2 aromatic carbocycles. The highest BCUT2D eigenvalue weighted by Crippen LogP contribution is 2.37. The normalized spacial score (nSPS) is 12.1. The number of rotatable bonds is 4. The van der Waals surface area contributed by atoms with E-state index in [1.165, 1.54) is 0 Å². The number of hydrogen-bond acceptors (Lipinski definition) is 4. The van der Waals surface area contributed by atoms with Crippen LogP contribution in [-0.4, -0.2) is 15.1 Å². The van der Waals surface area contributed by atoms with Gasteiger partial charge in [-0.05, 0) is 43.3 Å². The number of benzene rings is 2. The number of phenols is 1. The summed E-state index contributed by atoms with van der Waals surface area (Å²) in [6.45, 7) is 1.90. The second kappa shape index (κ2) is 7.66. The number of aryl methyl sites for hydroxylation is 1. The van der Waals surface area contributed by atoms with Gasteiger partial charge in [-0.25, -0.2) is 4.98 Å². The van der Waals surface area contributed by atoms with Crippen LogP contribution in [-0.2, 0) is 0 Å². The van der Waals surface area contributed by atoms with Crippen molar-refractivity contribution in [1.29, 1.82) is 0 Å². The van der Waals surface area contributed by atoms with Crippen LogP contribution < -0.4 is 5.32 Å². The highest BCUT2D eigenvalue weighted by molar-refractivity contribution is 6.36. The van der Waals surface area contributed by atoms with Crippen molar-refractivity contribution < 1.29 is 5.11 Å². The lowest BCUT2D eigenvalue weighted by Gasteiger charge is -2.22. The van der Waals surface area contributed by atoms with E-state index in [4.69, 9.17) is 23.2 Å². The zero-order valence-corrected chi connectivity index (χ0v) is 16.5. The van der Waals surface area contributed by atoms with Crippen LogP contribution in [0.2, 0.25) is 10.0 Å². The van der Waals surface area contributed by atoms with Crippen LogP contribution >= 0.6 is 23.2 Å². The molecular weight excluding hydrogens is 393 g/mol. The number of phenolic OH excluding ortho intramolecular Hbond substituents is 1. The molecular formula is C22H17Cl2N3O. The molecule has 28 heavy (non-hydrogen) atoms. The second-order valence-electron chi connectivity index (χ2n) is 6.48. The molecule has 4 aromatic rings. The second-order valence-corrected chi connectivity index (χ2v) is 7.33. The van der Waals surface area contributed by atoms with E-state index in [2.05, 4.69) is 15.3 Å². The number of aromatic hydroxyl groups is 1. The van der Waals surface area contributed by atoms with Crippen LogP contribution in [0.1, 0.15) is 23.0 Å². The number of pyridine rings is 2. The number of aromatic nitrogens is 2. The van der Waals surface area contributed by atoms with Crippen molar-refractivity contribution in [3.05, 3.63) is 93.9 Å². The van der Waals surface area contributed by atoms with Crippen LogP contribution in [0, 0.1) is 6.92 Å². The Labute approximate surface area is 172 Å². The van der Waals surface area contributed by atoms with E-state index in [1.807, 2.05) is 49.4 Å². The Balaban J connectivity index is 1.86. The molecule has 0 saturated heterocycles. The third kappa shape index (κ3) is 3.61. The third-order valence-corrected chi connectivity index (χ3v) is 5.08. The van der Waals surface area contributed by atoms with Gasteiger partial charge in [0.15, 0.2) is 0 Å². The van der Waals surface area contributed by atoms with Gasteiger partial charge < -0.3 is 10.4 Å². The predicted molar refractivity (Wildman–Crippen MR) is 114 cm³/mol. The Morgan fingerprint density at radius 2 is 1.82 bits per heavy atom. The monoisotopic (exact) mass is 409 g/mol. The zero-order chi connectivity index (χ0) is 19.7. The van der Waals surface area contributed by atoms with E-state index in [1.54, 1.807) is 24.4 Å². The number of anilines is 1. The van der Waals surface area contributed by atoms with Gasteiger partial charge in [-0.2, -0.15) is 0 Å². The molecule has 0 aliphatic carbocycles. The van der Waals surface area contributed by atoms with Gasteiger partial charge in [0.25, 0.3) is 0 Å². The lowest BCUT2D eigenvalue weighted by atomic mass is 9.99. The maximum absolute atomic E-state index is 11.0. The topological polar surface area (TPSA) is 58.0 Å². The van der Waals surface area contributed by atoms with E-state index in [0.717, 1.165) is 16.8 Å². The first kappa shape index (κ1) is 18.5. The third-order valence-electron chi connectivity index (χ3n) is 4.53. The quantitative estimate of drug-likeness (QED) is 0.424. The summed E-state index contributed by atoms with van der Waals surface area (Å²) in [5, 5.41) is 16.3. The molecule has 4 rings (SSSR count). The van der Waals surface area contributed by atoms with Gasteiger partial charge >= 0.3 is 0 Å². The van der Waals surface area contributed by atoms with Crippen LogP contribution in [0.15, 0.2) is 66.9 Å². The summed E-state index contributed by atoms with van der Waals surface area (Å²) in [6, 6.07) is 18.2. The molecule has 0 saturated carbocycles. The van der Waals surface area contributed by atoms with Gasteiger partial charge in [0.2, 0.25) is 0 Å². The highest BCUT2D eigenvalue weighted by Gasteiger charge is 2.22. The van der Waals surface area contributed by atoms with Crippen molar-refractivity contribution in [2.75, 3.05) is 5.32 Å². The smallest absolute Gasteiger partial charge is 0.147 e. The summed E-state index contributed by atoms with van der Waals surface area (Å²) in [5.74, 6) is 0.120. The Hall–Kier alpha value is -2.82. The van der Waals surface area contributed by atoms with Gasteiger partial charge in [-0.1, -0.05) is 47.5 Å². The summed E-state index contributed by atoms with van der Waals surface area (Å²) >= 11 is 12.4. The van der Waals surface area contributed by atoms with E-state index in [0.29, 0.717) is 26.8 Å². The van der Waals surface area contributed by atoms with E-state index in [-0.39, 0.29) is 5.75 Å². The summed E-state index contributed by atoms with van der Waals surface area (Å²) in [7, 11) is 0. The average Bonchev–Trinajstić information content (AvgIpc) is 2.69. The fourth-order valence-electron chi connectivity index (χ4n) is 3.14. The number of halogens is 2. The van der Waals surface area contributed by atoms with Crippen LogP contribution in [0.4, 0.5) is 5.69 Å². The first-order valence-electron chi connectivity index (χ1n) is 8.74. The first-order chi connectivity index (χ1) is 13.5. The Morgan fingerprint density at radius 1 is 1.00 bits per heavy atom. The standard InChI is InChI=1S/C22H17Cl2N3O/c1-13-5-6-14-7-9-16(22(28)20(14)26-13)21(19-4-2-3-11-25-19)27-18-10-8-15(23)12-17(18)24/h2-12,21,27-28H,1H3. The average molecular weight is 410 g/mol. The minimum Gasteiger partial charge on any atom is -0.505 e. The molecule has 140 valence electrons. The molecule has 0 amide bonds. The fraction of sp³-hybridized carbons (Fsp3) is 0.0909. The molecule has 2 aromatic heterocycles. The van der Waals surface area contributed by atoms with Crippen molar-refractivity contribution in [1.82, 2.24) is 9.97 Å². The van der Waals surface area contributed by atoms with Crippen LogP contribution in [0.3, 0.4) is 0 Å². The molecule has 0 aliphatic rings. The molecule has 1 unspecified atom stereocenters. The summed E-state index contributed by atoms with van der Waals surface area (Å²) in [4.78, 5) is 8.98. The van der Waals surface area contributed by atoms with Gasteiger partial charge in [0.05, 0.1) is 22.4 Å². The van der Waals surface area contributed by atoms with Crippen molar-refractivity contribution in [3.8, 4) is 5.75 Å². The molecule has 0 fully saturated rings. The molecule has 1 atom stereocenters. The fourth-order valence-corrected chi connectivity index (χ4v) is 3.60. The van der Waals surface area contributed by atoms with Crippen molar-refractivity contribution >= 4 is 39.8 Å². The Kier molecular flexibility index (Phi) is 5.07. The molecule has 2 N–H and O–H groups in total. The molecule has 0 bridgehead atoms. The van der Waals surface area contributed by atoms with Crippen LogP contribution in [0.5, 0.6) is 5.75 Å². The van der Waals surface area contributed by atoms with Gasteiger partial charge in [0, 0.05) is 27.9 Å².